The minimum atomic E-state index is -3.87. The zero-order valence-electron chi connectivity index (χ0n) is 18.6. The molecule has 1 atom stereocenters. The Morgan fingerprint density at radius 3 is 2.77 bits per heavy atom. The largest absolute Gasteiger partial charge is 0.494 e. The van der Waals surface area contributed by atoms with Crippen LogP contribution in [0.2, 0.25) is 4.34 Å². The quantitative estimate of drug-likeness (QED) is 0.329. The summed E-state index contributed by atoms with van der Waals surface area (Å²) >= 11 is 8.33. The fraction of sp³-hybridized carbons (Fsp3) is 0.261. The third kappa shape index (κ3) is 4.66. The minimum Gasteiger partial charge on any atom is -0.494 e. The average Bonchev–Trinajstić information content (AvgIpc) is 3.62. The SMILES string of the molecule is COc1cccc2sc(N(Cc3ccccn3)C(=O)C3CCCN3S(=O)(=O)c3ccc(Cl)s3)nc12. The minimum absolute atomic E-state index is 0.128. The number of pyridine rings is 1. The van der Waals surface area contributed by atoms with E-state index in [1.807, 2.05) is 30.3 Å². The number of sulfonamides is 1. The highest BCUT2D eigenvalue weighted by Gasteiger charge is 2.42. The Morgan fingerprint density at radius 2 is 2.06 bits per heavy atom. The van der Waals surface area contributed by atoms with Crippen LogP contribution in [0.5, 0.6) is 5.75 Å². The van der Waals surface area contributed by atoms with Gasteiger partial charge < -0.3 is 4.74 Å². The molecule has 182 valence electrons. The normalized spacial score (nSPS) is 16.6. The van der Waals surface area contributed by atoms with Gasteiger partial charge in [0.15, 0.2) is 5.13 Å². The molecule has 5 rings (SSSR count). The van der Waals surface area contributed by atoms with Crippen LogP contribution in [0.1, 0.15) is 18.5 Å². The first-order valence-corrected chi connectivity index (χ1v) is 14.3. The number of carbonyl (C=O) groups is 1. The molecule has 0 aliphatic carbocycles. The van der Waals surface area contributed by atoms with Crippen molar-refractivity contribution in [1.82, 2.24) is 14.3 Å². The number of methoxy groups -OCH3 is 1. The number of nitrogens with zero attached hydrogens (tertiary/aromatic N) is 4. The molecule has 1 aliphatic rings. The van der Waals surface area contributed by atoms with Crippen LogP contribution in [0, 0.1) is 0 Å². The van der Waals surface area contributed by atoms with E-state index in [-0.39, 0.29) is 23.2 Å². The highest BCUT2D eigenvalue weighted by Crippen LogP contribution is 2.37. The molecule has 1 amide bonds. The van der Waals surface area contributed by atoms with Crippen molar-refractivity contribution in [2.45, 2.75) is 29.6 Å². The molecule has 1 unspecified atom stereocenters. The zero-order valence-corrected chi connectivity index (χ0v) is 21.8. The topological polar surface area (TPSA) is 92.7 Å². The van der Waals surface area contributed by atoms with Crippen molar-refractivity contribution in [1.29, 1.82) is 0 Å². The lowest BCUT2D eigenvalue weighted by atomic mass is 10.2. The number of ether oxygens (including phenoxy) is 1. The van der Waals surface area contributed by atoms with Gasteiger partial charge in [0.05, 0.1) is 28.4 Å². The van der Waals surface area contributed by atoms with Crippen molar-refractivity contribution in [2.24, 2.45) is 0 Å². The predicted molar refractivity (Wildman–Crippen MR) is 138 cm³/mol. The maximum atomic E-state index is 14.0. The summed E-state index contributed by atoms with van der Waals surface area (Å²) in [6.07, 6.45) is 2.66. The molecule has 8 nitrogen and oxygen atoms in total. The van der Waals surface area contributed by atoms with E-state index >= 15 is 0 Å². The van der Waals surface area contributed by atoms with Crippen LogP contribution in [0.25, 0.3) is 10.2 Å². The van der Waals surface area contributed by atoms with Crippen molar-refractivity contribution in [3.63, 3.8) is 0 Å². The monoisotopic (exact) mass is 548 g/mol. The van der Waals surface area contributed by atoms with Crippen molar-refractivity contribution < 1.29 is 17.9 Å². The second-order valence-corrected chi connectivity index (χ2v) is 12.7. The van der Waals surface area contributed by atoms with Crippen LogP contribution < -0.4 is 9.64 Å². The molecule has 3 aromatic heterocycles. The first-order valence-electron chi connectivity index (χ1n) is 10.8. The highest BCUT2D eigenvalue weighted by atomic mass is 35.5. The molecule has 1 saturated heterocycles. The number of thiazole rings is 1. The Kier molecular flexibility index (Phi) is 6.78. The van der Waals surface area contributed by atoms with Crippen LogP contribution >= 0.6 is 34.3 Å². The Morgan fingerprint density at radius 1 is 1.20 bits per heavy atom. The van der Waals surface area contributed by atoms with E-state index in [0.29, 0.717) is 39.3 Å². The maximum Gasteiger partial charge on any atom is 0.253 e. The molecule has 0 N–H and O–H groups in total. The van der Waals surface area contributed by atoms with E-state index in [0.717, 1.165) is 16.0 Å². The highest BCUT2D eigenvalue weighted by molar-refractivity contribution is 7.91. The molecule has 4 heterocycles. The lowest BCUT2D eigenvalue weighted by molar-refractivity contribution is -0.121. The molecule has 0 spiro atoms. The van der Waals surface area contributed by atoms with Crippen LogP contribution in [0.3, 0.4) is 0 Å². The fourth-order valence-electron chi connectivity index (χ4n) is 4.09. The standard InChI is InChI=1S/C23H21ClN4O4S3/c1-32-17-8-4-9-18-21(17)26-23(33-18)27(14-15-6-2-3-12-25-15)22(29)16-7-5-13-28(16)35(30,31)20-11-10-19(24)34-20/h2-4,6,8-12,16H,5,7,13-14H2,1H3. The van der Waals surface area contributed by atoms with Gasteiger partial charge in [-0.05, 0) is 49.2 Å². The van der Waals surface area contributed by atoms with E-state index in [9.17, 15) is 13.2 Å². The summed E-state index contributed by atoms with van der Waals surface area (Å²) in [5, 5.41) is 0.462. The molecule has 0 radical (unpaired) electrons. The van der Waals surface area contributed by atoms with Crippen LogP contribution in [0.4, 0.5) is 5.13 Å². The first-order chi connectivity index (χ1) is 16.9. The zero-order chi connectivity index (χ0) is 24.6. The van der Waals surface area contributed by atoms with Gasteiger partial charge >= 0.3 is 0 Å². The number of anilines is 1. The first kappa shape index (κ1) is 24.1. The number of hydrogen-bond acceptors (Lipinski definition) is 8. The molecular weight excluding hydrogens is 528 g/mol. The van der Waals surface area contributed by atoms with Gasteiger partial charge in [0.2, 0.25) is 5.91 Å². The second kappa shape index (κ2) is 9.82. The van der Waals surface area contributed by atoms with Gasteiger partial charge in [-0.2, -0.15) is 4.31 Å². The van der Waals surface area contributed by atoms with E-state index in [1.165, 1.54) is 26.6 Å². The predicted octanol–water partition coefficient (Wildman–Crippen LogP) is 4.80. The van der Waals surface area contributed by atoms with Crippen LogP contribution in [0.15, 0.2) is 58.9 Å². The lowest BCUT2D eigenvalue weighted by Gasteiger charge is -2.28. The van der Waals surface area contributed by atoms with E-state index in [4.69, 9.17) is 21.3 Å². The number of rotatable bonds is 7. The van der Waals surface area contributed by atoms with Crippen LogP contribution in [-0.4, -0.2) is 48.3 Å². The molecule has 4 aromatic rings. The number of carbonyl (C=O) groups excluding carboxylic acids is 1. The van der Waals surface area contributed by atoms with E-state index < -0.39 is 16.1 Å². The summed E-state index contributed by atoms with van der Waals surface area (Å²) in [6.45, 7) is 0.427. The number of hydrogen-bond donors (Lipinski definition) is 0. The van der Waals surface area contributed by atoms with Gasteiger partial charge in [-0.1, -0.05) is 35.1 Å². The summed E-state index contributed by atoms with van der Waals surface area (Å²) in [7, 11) is -2.30. The molecule has 1 aliphatic heterocycles. The Balaban J connectivity index is 1.54. The summed E-state index contributed by atoms with van der Waals surface area (Å²) in [4.78, 5) is 24.6. The third-order valence-electron chi connectivity index (χ3n) is 5.73. The number of para-hydroxylation sites is 1. The van der Waals surface area contributed by atoms with Gasteiger partial charge in [-0.15, -0.1) is 11.3 Å². The van der Waals surface area contributed by atoms with Gasteiger partial charge in [0.25, 0.3) is 10.0 Å². The molecule has 0 saturated carbocycles. The van der Waals surface area contributed by atoms with Crippen molar-refractivity contribution in [2.75, 3.05) is 18.6 Å². The van der Waals surface area contributed by atoms with Crippen molar-refractivity contribution in [3.8, 4) is 5.75 Å². The fourth-order valence-corrected chi connectivity index (χ4v) is 8.34. The number of halogens is 1. The number of fused-ring (bicyclic) bond motifs is 1. The van der Waals surface area contributed by atoms with Gasteiger partial charge in [0, 0.05) is 12.7 Å². The third-order valence-corrected chi connectivity index (χ3v) is 10.4. The lowest BCUT2D eigenvalue weighted by Crippen LogP contribution is -2.47. The van der Waals surface area contributed by atoms with Gasteiger partial charge in [0.1, 0.15) is 21.5 Å². The van der Waals surface area contributed by atoms with Crippen molar-refractivity contribution in [3.05, 3.63) is 64.8 Å². The molecule has 35 heavy (non-hydrogen) atoms. The van der Waals surface area contributed by atoms with E-state index in [2.05, 4.69) is 4.98 Å². The molecule has 0 bridgehead atoms. The molecule has 12 heteroatoms. The Labute approximate surface area is 215 Å². The van der Waals surface area contributed by atoms with Gasteiger partial charge in [-0.25, -0.2) is 13.4 Å². The summed E-state index contributed by atoms with van der Waals surface area (Å²) in [5.74, 6) is 0.271. The summed E-state index contributed by atoms with van der Waals surface area (Å²) in [5.41, 5.74) is 1.32. The Hall–Kier alpha value is -2.57. The average molecular weight is 549 g/mol. The molecule has 1 fully saturated rings. The Bertz CT molecular complexity index is 1470. The summed E-state index contributed by atoms with van der Waals surface area (Å²) in [6, 6.07) is 13.2. The van der Waals surface area contributed by atoms with Gasteiger partial charge in [-0.3, -0.25) is 14.7 Å². The number of thiophene rings is 1. The summed E-state index contributed by atoms with van der Waals surface area (Å²) < 4.78 is 34.8. The number of aromatic nitrogens is 2. The smallest absolute Gasteiger partial charge is 0.253 e. The van der Waals surface area contributed by atoms with Crippen molar-refractivity contribution >= 4 is 65.6 Å². The number of benzene rings is 1. The van der Waals surface area contributed by atoms with E-state index in [1.54, 1.807) is 25.4 Å². The maximum absolute atomic E-state index is 14.0. The number of amides is 1. The van der Waals surface area contributed by atoms with Crippen LogP contribution in [-0.2, 0) is 21.4 Å². The molecule has 1 aromatic carbocycles. The second-order valence-electron chi connectivity index (χ2n) is 7.88. The molecular formula is C23H21ClN4O4S3.